The van der Waals surface area contributed by atoms with Gasteiger partial charge in [0.1, 0.15) is 6.04 Å². The molecule has 0 spiro atoms. The lowest BCUT2D eigenvalue weighted by atomic mass is 10.0. The van der Waals surface area contributed by atoms with Crippen LogP contribution < -0.4 is 11.1 Å². The second-order valence-electron chi connectivity index (χ2n) is 5.36. The Labute approximate surface area is 129 Å². The zero-order chi connectivity index (χ0) is 14.5. The topological polar surface area (TPSA) is 55.1 Å². The number of carbonyl (C=O) groups is 1. The molecule has 0 aliphatic heterocycles. The Hall–Kier alpha value is -0.770. The molecule has 1 aromatic rings. The molecule has 1 aromatic carbocycles. The average Bonchev–Trinajstić information content (AvgIpc) is 2.67. The van der Waals surface area contributed by atoms with Gasteiger partial charge >= 0.3 is 0 Å². The number of nitrogens with one attached hydrogen (secondary N) is 1. The molecular weight excluding hydrogens is 295 g/mol. The summed E-state index contributed by atoms with van der Waals surface area (Å²) >= 11 is 12.2. The highest BCUT2D eigenvalue weighted by atomic mass is 35.5. The van der Waals surface area contributed by atoms with Crippen LogP contribution in [0.1, 0.15) is 50.1 Å². The zero-order valence-electron chi connectivity index (χ0n) is 11.4. The maximum Gasteiger partial charge on any atom is 0.239 e. The van der Waals surface area contributed by atoms with Gasteiger partial charge in [0.25, 0.3) is 0 Å². The van der Waals surface area contributed by atoms with Crippen molar-refractivity contribution in [3.05, 3.63) is 33.8 Å². The number of halogens is 2. The van der Waals surface area contributed by atoms with Crippen LogP contribution in [0.2, 0.25) is 10.0 Å². The lowest BCUT2D eigenvalue weighted by Gasteiger charge is -2.24. The molecule has 1 saturated carbocycles. The fourth-order valence-corrected chi connectivity index (χ4v) is 3.15. The number of rotatable bonds is 4. The summed E-state index contributed by atoms with van der Waals surface area (Å²) in [5.74, 6) is -0.418. The molecule has 20 heavy (non-hydrogen) atoms. The Balaban J connectivity index is 2.17. The first-order valence-corrected chi connectivity index (χ1v) is 7.84. The van der Waals surface area contributed by atoms with Crippen molar-refractivity contribution in [2.24, 2.45) is 5.73 Å². The molecule has 2 rings (SSSR count). The smallest absolute Gasteiger partial charge is 0.239 e. The van der Waals surface area contributed by atoms with E-state index in [9.17, 15) is 4.79 Å². The van der Waals surface area contributed by atoms with E-state index in [1.54, 1.807) is 18.2 Å². The van der Waals surface area contributed by atoms with Crippen molar-refractivity contribution in [2.45, 2.75) is 50.6 Å². The van der Waals surface area contributed by atoms with Gasteiger partial charge in [0.15, 0.2) is 0 Å². The first kappa shape index (κ1) is 15.6. The fraction of sp³-hybridized carbons (Fsp3) is 0.533. The van der Waals surface area contributed by atoms with Gasteiger partial charge in [-0.25, -0.2) is 0 Å². The van der Waals surface area contributed by atoms with Crippen molar-refractivity contribution in [1.82, 2.24) is 5.32 Å². The molecule has 3 nitrogen and oxygen atoms in total. The van der Waals surface area contributed by atoms with Crippen molar-refractivity contribution in [3.8, 4) is 0 Å². The molecule has 1 unspecified atom stereocenters. The van der Waals surface area contributed by atoms with Crippen LogP contribution in [-0.2, 0) is 4.79 Å². The van der Waals surface area contributed by atoms with Crippen LogP contribution in [0.4, 0.5) is 0 Å². The van der Waals surface area contributed by atoms with E-state index >= 15 is 0 Å². The zero-order valence-corrected chi connectivity index (χ0v) is 12.9. The number of benzene rings is 1. The summed E-state index contributed by atoms with van der Waals surface area (Å²) in [6.45, 7) is 0. The third kappa shape index (κ3) is 4.11. The van der Waals surface area contributed by atoms with Crippen LogP contribution >= 0.6 is 23.2 Å². The van der Waals surface area contributed by atoms with Crippen molar-refractivity contribution in [3.63, 3.8) is 0 Å². The van der Waals surface area contributed by atoms with Gasteiger partial charge in [-0.15, -0.1) is 0 Å². The summed E-state index contributed by atoms with van der Waals surface area (Å²) in [5.41, 5.74) is 6.20. The SMILES string of the molecule is NC(=O)C(NC1CCCCCC1)c1cc(Cl)ccc1Cl. The van der Waals surface area contributed by atoms with Gasteiger partial charge in [-0.05, 0) is 36.6 Å². The minimum atomic E-state index is -0.579. The van der Waals surface area contributed by atoms with Gasteiger partial charge in [-0.2, -0.15) is 0 Å². The van der Waals surface area contributed by atoms with Gasteiger partial charge < -0.3 is 5.73 Å². The molecule has 5 heteroatoms. The molecule has 0 heterocycles. The van der Waals surface area contributed by atoms with E-state index in [1.165, 1.54) is 25.7 Å². The maximum absolute atomic E-state index is 11.8. The molecular formula is C15H20Cl2N2O. The predicted octanol–water partition coefficient (Wildman–Crippen LogP) is 3.83. The predicted molar refractivity (Wildman–Crippen MR) is 83.0 cm³/mol. The number of primary amides is 1. The van der Waals surface area contributed by atoms with Crippen molar-refractivity contribution >= 4 is 29.1 Å². The molecule has 0 bridgehead atoms. The van der Waals surface area contributed by atoms with E-state index in [0.29, 0.717) is 21.7 Å². The molecule has 1 aliphatic rings. The monoisotopic (exact) mass is 314 g/mol. The van der Waals surface area contributed by atoms with Crippen LogP contribution in [0.25, 0.3) is 0 Å². The third-order valence-corrected chi connectivity index (χ3v) is 4.39. The highest BCUT2D eigenvalue weighted by molar-refractivity contribution is 6.33. The molecule has 1 amide bonds. The molecule has 1 atom stereocenters. The van der Waals surface area contributed by atoms with Crippen LogP contribution in [0.3, 0.4) is 0 Å². The molecule has 0 aromatic heterocycles. The van der Waals surface area contributed by atoms with Crippen molar-refractivity contribution < 1.29 is 4.79 Å². The molecule has 1 aliphatic carbocycles. The van der Waals surface area contributed by atoms with E-state index < -0.39 is 11.9 Å². The van der Waals surface area contributed by atoms with Crippen molar-refractivity contribution in [1.29, 1.82) is 0 Å². The van der Waals surface area contributed by atoms with E-state index in [4.69, 9.17) is 28.9 Å². The summed E-state index contributed by atoms with van der Waals surface area (Å²) in [7, 11) is 0. The highest BCUT2D eigenvalue weighted by Crippen LogP contribution is 2.28. The Bertz CT molecular complexity index is 471. The molecule has 0 saturated heterocycles. The van der Waals surface area contributed by atoms with Gasteiger partial charge in [-0.3, -0.25) is 10.1 Å². The quantitative estimate of drug-likeness (QED) is 0.830. The third-order valence-electron chi connectivity index (χ3n) is 3.81. The summed E-state index contributed by atoms with van der Waals surface area (Å²) < 4.78 is 0. The summed E-state index contributed by atoms with van der Waals surface area (Å²) in [5, 5.41) is 4.43. The van der Waals surface area contributed by atoms with Crippen LogP contribution in [-0.4, -0.2) is 11.9 Å². The van der Waals surface area contributed by atoms with Crippen LogP contribution in [0.15, 0.2) is 18.2 Å². The van der Waals surface area contributed by atoms with Gasteiger partial charge in [0, 0.05) is 16.1 Å². The Morgan fingerprint density at radius 1 is 1.20 bits per heavy atom. The van der Waals surface area contributed by atoms with E-state index in [1.807, 2.05) is 0 Å². The van der Waals surface area contributed by atoms with Crippen LogP contribution in [0.5, 0.6) is 0 Å². The minimum Gasteiger partial charge on any atom is -0.368 e. The fourth-order valence-electron chi connectivity index (χ4n) is 2.74. The molecule has 1 fully saturated rings. The number of hydrogen-bond donors (Lipinski definition) is 2. The maximum atomic E-state index is 11.8. The van der Waals surface area contributed by atoms with Crippen LogP contribution in [0, 0.1) is 0 Å². The Morgan fingerprint density at radius 3 is 2.45 bits per heavy atom. The van der Waals surface area contributed by atoms with Crippen molar-refractivity contribution in [2.75, 3.05) is 0 Å². The Morgan fingerprint density at radius 2 is 1.85 bits per heavy atom. The highest BCUT2D eigenvalue weighted by Gasteiger charge is 2.24. The normalized spacial score (nSPS) is 18.5. The minimum absolute atomic E-state index is 0.310. The number of carbonyl (C=O) groups excluding carboxylic acids is 1. The second kappa shape index (κ2) is 7.30. The van der Waals surface area contributed by atoms with Gasteiger partial charge in [0.05, 0.1) is 0 Å². The first-order chi connectivity index (χ1) is 9.58. The van der Waals surface area contributed by atoms with E-state index in [2.05, 4.69) is 5.32 Å². The van der Waals surface area contributed by atoms with E-state index in [0.717, 1.165) is 12.8 Å². The lowest BCUT2D eigenvalue weighted by molar-refractivity contribution is -0.120. The van der Waals surface area contributed by atoms with Gasteiger partial charge in [0.2, 0.25) is 5.91 Å². The summed E-state index contributed by atoms with van der Waals surface area (Å²) in [4.78, 5) is 11.8. The molecule has 3 N–H and O–H groups in total. The number of amides is 1. The lowest BCUT2D eigenvalue weighted by Crippen LogP contribution is -2.40. The second-order valence-corrected chi connectivity index (χ2v) is 6.20. The molecule has 110 valence electrons. The Kier molecular flexibility index (Phi) is 5.70. The standard InChI is InChI=1S/C15H20Cl2N2O/c16-10-7-8-13(17)12(9-10)14(15(18)20)19-11-5-3-1-2-4-6-11/h7-9,11,14,19H,1-6H2,(H2,18,20). The van der Waals surface area contributed by atoms with E-state index in [-0.39, 0.29) is 0 Å². The number of nitrogens with two attached hydrogens (primary N) is 1. The summed E-state index contributed by atoms with van der Waals surface area (Å²) in [6.07, 6.45) is 7.04. The average molecular weight is 315 g/mol. The van der Waals surface area contributed by atoms with Gasteiger partial charge in [-0.1, -0.05) is 48.9 Å². The number of hydrogen-bond acceptors (Lipinski definition) is 2. The largest absolute Gasteiger partial charge is 0.368 e. The first-order valence-electron chi connectivity index (χ1n) is 7.08. The molecule has 0 radical (unpaired) electrons. The summed E-state index contributed by atoms with van der Waals surface area (Å²) in [6, 6.07) is 4.85.